The summed E-state index contributed by atoms with van der Waals surface area (Å²) in [4.78, 5) is 25.2. The highest BCUT2D eigenvalue weighted by Crippen LogP contribution is 2.14. The van der Waals surface area contributed by atoms with E-state index in [4.69, 9.17) is 0 Å². The third-order valence-corrected chi connectivity index (χ3v) is 4.35. The van der Waals surface area contributed by atoms with E-state index in [2.05, 4.69) is 5.32 Å². The Bertz CT molecular complexity index is 925. The highest BCUT2D eigenvalue weighted by Gasteiger charge is 2.16. The molecule has 1 aromatic heterocycles. The molecule has 1 amide bonds. The molecule has 0 spiro atoms. The molecule has 0 radical (unpaired) electrons. The number of benzene rings is 2. The average Bonchev–Trinajstić information content (AvgIpc) is 2.89. The molecule has 1 N–H and O–H groups in total. The van der Waals surface area contributed by atoms with E-state index in [1.807, 2.05) is 68.4 Å². The van der Waals surface area contributed by atoms with Crippen LogP contribution in [-0.4, -0.2) is 15.0 Å². The maximum Gasteiger partial charge on any atom is 0.329 e. The monoisotopic (exact) mass is 337 g/mol. The number of fused-ring (bicyclic) bond motifs is 1. The SMILES string of the molecule is CCCn1c(=O)n(CC(=O)N[C@@H](C)c2ccccc2)c2ccccc21. The van der Waals surface area contributed by atoms with Crippen LogP contribution in [0.4, 0.5) is 0 Å². The molecular formula is C20H23N3O2. The molecule has 130 valence electrons. The molecule has 2 aromatic carbocycles. The van der Waals surface area contributed by atoms with Gasteiger partial charge in [-0.3, -0.25) is 13.9 Å². The van der Waals surface area contributed by atoms with Gasteiger partial charge in [0.25, 0.3) is 0 Å². The van der Waals surface area contributed by atoms with Crippen LogP contribution in [0.2, 0.25) is 0 Å². The van der Waals surface area contributed by atoms with E-state index in [0.717, 1.165) is 23.0 Å². The lowest BCUT2D eigenvalue weighted by Crippen LogP contribution is -2.34. The molecule has 0 aliphatic carbocycles. The molecule has 0 fully saturated rings. The summed E-state index contributed by atoms with van der Waals surface area (Å²) in [6.45, 7) is 4.64. The molecule has 0 saturated carbocycles. The summed E-state index contributed by atoms with van der Waals surface area (Å²) in [6, 6.07) is 17.3. The number of nitrogens with one attached hydrogen (secondary N) is 1. The molecule has 3 rings (SSSR count). The summed E-state index contributed by atoms with van der Waals surface area (Å²) in [6.07, 6.45) is 0.866. The van der Waals surface area contributed by atoms with E-state index in [1.165, 1.54) is 0 Å². The van der Waals surface area contributed by atoms with Gasteiger partial charge in [-0.2, -0.15) is 0 Å². The normalized spacial score (nSPS) is 12.2. The number of para-hydroxylation sites is 2. The number of carbonyl (C=O) groups is 1. The van der Waals surface area contributed by atoms with Crippen molar-refractivity contribution in [2.75, 3.05) is 0 Å². The molecule has 0 aliphatic heterocycles. The van der Waals surface area contributed by atoms with E-state index in [0.29, 0.717) is 6.54 Å². The number of aromatic nitrogens is 2. The van der Waals surface area contributed by atoms with Crippen molar-refractivity contribution in [2.24, 2.45) is 0 Å². The van der Waals surface area contributed by atoms with Gasteiger partial charge < -0.3 is 5.32 Å². The lowest BCUT2D eigenvalue weighted by atomic mass is 10.1. The van der Waals surface area contributed by atoms with Crippen molar-refractivity contribution in [1.29, 1.82) is 0 Å². The lowest BCUT2D eigenvalue weighted by molar-refractivity contribution is -0.122. The lowest BCUT2D eigenvalue weighted by Gasteiger charge is -2.14. The molecule has 25 heavy (non-hydrogen) atoms. The highest BCUT2D eigenvalue weighted by atomic mass is 16.2. The van der Waals surface area contributed by atoms with Crippen molar-refractivity contribution in [3.63, 3.8) is 0 Å². The zero-order valence-electron chi connectivity index (χ0n) is 14.6. The Morgan fingerprint density at radius 2 is 1.60 bits per heavy atom. The molecule has 5 nitrogen and oxygen atoms in total. The van der Waals surface area contributed by atoms with Gasteiger partial charge in [0.2, 0.25) is 5.91 Å². The third-order valence-electron chi connectivity index (χ3n) is 4.35. The quantitative estimate of drug-likeness (QED) is 0.751. The first-order chi connectivity index (χ1) is 12.1. The Morgan fingerprint density at radius 1 is 1.00 bits per heavy atom. The van der Waals surface area contributed by atoms with Gasteiger partial charge in [0.1, 0.15) is 6.54 Å². The Balaban J connectivity index is 1.84. The van der Waals surface area contributed by atoms with Crippen LogP contribution >= 0.6 is 0 Å². The Kier molecular flexibility index (Phi) is 5.03. The average molecular weight is 337 g/mol. The predicted molar refractivity (Wildman–Crippen MR) is 99.5 cm³/mol. The first kappa shape index (κ1) is 17.0. The number of nitrogens with zero attached hydrogens (tertiary/aromatic N) is 2. The van der Waals surface area contributed by atoms with Crippen molar-refractivity contribution in [2.45, 2.75) is 39.4 Å². The van der Waals surface area contributed by atoms with Crippen molar-refractivity contribution in [3.05, 3.63) is 70.6 Å². The molecule has 1 heterocycles. The summed E-state index contributed by atoms with van der Waals surface area (Å²) in [5, 5.41) is 2.97. The standard InChI is InChI=1S/C20H23N3O2/c1-3-13-22-17-11-7-8-12-18(17)23(20(22)25)14-19(24)21-15(2)16-9-5-4-6-10-16/h4-12,15H,3,13-14H2,1-2H3,(H,21,24)/t15-/m0/s1. The van der Waals surface area contributed by atoms with Crippen LogP contribution in [0, 0.1) is 0 Å². The fourth-order valence-corrected chi connectivity index (χ4v) is 3.12. The van der Waals surface area contributed by atoms with Crippen molar-refractivity contribution < 1.29 is 4.79 Å². The zero-order chi connectivity index (χ0) is 17.8. The fraction of sp³-hybridized carbons (Fsp3) is 0.300. The van der Waals surface area contributed by atoms with Crippen molar-refractivity contribution in [3.8, 4) is 0 Å². The van der Waals surface area contributed by atoms with Crippen LogP contribution in [0.15, 0.2) is 59.4 Å². The van der Waals surface area contributed by atoms with Gasteiger partial charge in [-0.05, 0) is 31.0 Å². The van der Waals surface area contributed by atoms with E-state index < -0.39 is 0 Å². The maximum atomic E-state index is 12.7. The first-order valence-corrected chi connectivity index (χ1v) is 8.64. The van der Waals surface area contributed by atoms with Gasteiger partial charge in [0.05, 0.1) is 17.1 Å². The van der Waals surface area contributed by atoms with Crippen molar-refractivity contribution in [1.82, 2.24) is 14.5 Å². The minimum atomic E-state index is -0.169. The molecule has 0 aliphatic rings. The van der Waals surface area contributed by atoms with Crippen LogP contribution in [0.1, 0.15) is 31.9 Å². The summed E-state index contributed by atoms with van der Waals surface area (Å²) < 4.78 is 3.29. The van der Waals surface area contributed by atoms with Gasteiger partial charge in [-0.1, -0.05) is 49.4 Å². The number of rotatable bonds is 6. The van der Waals surface area contributed by atoms with Gasteiger partial charge in [-0.25, -0.2) is 4.79 Å². The summed E-state index contributed by atoms with van der Waals surface area (Å²) in [7, 11) is 0. The molecule has 1 atom stereocenters. The van der Waals surface area contributed by atoms with E-state index in [1.54, 1.807) is 9.13 Å². The molecule has 5 heteroatoms. The molecule has 0 saturated heterocycles. The predicted octanol–water partition coefficient (Wildman–Crippen LogP) is 3.09. The Morgan fingerprint density at radius 3 is 2.24 bits per heavy atom. The minimum absolute atomic E-state index is 0.0211. The number of hydrogen-bond donors (Lipinski definition) is 1. The number of aryl methyl sites for hydroxylation is 1. The summed E-state index contributed by atoms with van der Waals surface area (Å²) in [5.74, 6) is -0.169. The number of hydrogen-bond acceptors (Lipinski definition) is 2. The fourth-order valence-electron chi connectivity index (χ4n) is 3.12. The van der Waals surface area contributed by atoms with E-state index >= 15 is 0 Å². The second-order valence-corrected chi connectivity index (χ2v) is 6.21. The maximum absolute atomic E-state index is 12.7. The summed E-state index contributed by atoms with van der Waals surface area (Å²) >= 11 is 0. The smallest absolute Gasteiger partial charge is 0.329 e. The molecule has 3 aromatic rings. The molecule has 0 bridgehead atoms. The van der Waals surface area contributed by atoms with Gasteiger partial charge in [-0.15, -0.1) is 0 Å². The zero-order valence-corrected chi connectivity index (χ0v) is 14.6. The van der Waals surface area contributed by atoms with Crippen LogP contribution in [0.25, 0.3) is 11.0 Å². The van der Waals surface area contributed by atoms with E-state index in [9.17, 15) is 9.59 Å². The topological polar surface area (TPSA) is 56.0 Å². The first-order valence-electron chi connectivity index (χ1n) is 8.64. The van der Waals surface area contributed by atoms with Gasteiger partial charge >= 0.3 is 5.69 Å². The minimum Gasteiger partial charge on any atom is -0.348 e. The molecular weight excluding hydrogens is 314 g/mol. The van der Waals surface area contributed by atoms with Crippen LogP contribution < -0.4 is 11.0 Å². The Hall–Kier alpha value is -2.82. The third kappa shape index (κ3) is 3.50. The van der Waals surface area contributed by atoms with Crippen LogP contribution in [-0.2, 0) is 17.9 Å². The van der Waals surface area contributed by atoms with Crippen LogP contribution in [0.3, 0.4) is 0 Å². The second kappa shape index (κ2) is 7.38. The molecule has 0 unspecified atom stereocenters. The van der Waals surface area contributed by atoms with Crippen LogP contribution in [0.5, 0.6) is 0 Å². The Labute approximate surface area is 146 Å². The summed E-state index contributed by atoms with van der Waals surface area (Å²) in [5.41, 5.74) is 2.57. The number of amides is 1. The van der Waals surface area contributed by atoms with Crippen molar-refractivity contribution >= 4 is 16.9 Å². The second-order valence-electron chi connectivity index (χ2n) is 6.21. The van der Waals surface area contributed by atoms with Gasteiger partial charge in [0, 0.05) is 6.54 Å². The number of carbonyl (C=O) groups excluding carboxylic acids is 1. The number of imidazole rings is 1. The largest absolute Gasteiger partial charge is 0.348 e. The van der Waals surface area contributed by atoms with Gasteiger partial charge in [0.15, 0.2) is 0 Å². The van der Waals surface area contributed by atoms with E-state index in [-0.39, 0.29) is 24.2 Å². The highest BCUT2D eigenvalue weighted by molar-refractivity contribution is 5.81.